The van der Waals surface area contributed by atoms with Gasteiger partial charge in [-0.25, -0.2) is 0 Å². The minimum absolute atomic E-state index is 0.110. The molecule has 0 aromatic rings. The van der Waals surface area contributed by atoms with E-state index in [1.807, 2.05) is 6.92 Å². The van der Waals surface area contributed by atoms with Crippen molar-refractivity contribution in [2.45, 2.75) is 71.3 Å². The number of aliphatic hydroxyl groups is 1. The molecule has 5 nitrogen and oxygen atoms in total. The van der Waals surface area contributed by atoms with Gasteiger partial charge in [-0.15, -0.1) is 0 Å². The Bertz CT molecular complexity index is 277. The Morgan fingerprint density at radius 1 is 1.10 bits per heavy atom. The Morgan fingerprint density at radius 3 is 2.30 bits per heavy atom. The van der Waals surface area contributed by atoms with Gasteiger partial charge in [-0.1, -0.05) is 39.5 Å². The molecule has 0 rings (SSSR count). The van der Waals surface area contributed by atoms with E-state index in [0.29, 0.717) is 12.8 Å². The van der Waals surface area contributed by atoms with Crippen LogP contribution in [0.4, 0.5) is 0 Å². The Labute approximate surface area is 121 Å². The van der Waals surface area contributed by atoms with Gasteiger partial charge in [0.05, 0.1) is 12.0 Å². The van der Waals surface area contributed by atoms with Crippen LogP contribution in [-0.2, 0) is 14.3 Å². The molecule has 0 aliphatic heterocycles. The number of unbranched alkanes of at least 4 members (excludes halogenated alkanes) is 3. The summed E-state index contributed by atoms with van der Waals surface area (Å²) in [6.45, 7) is 3.94. The molecule has 0 radical (unpaired) electrons. The smallest absolute Gasteiger partial charge is 0.306 e. The molecule has 20 heavy (non-hydrogen) atoms. The van der Waals surface area contributed by atoms with Crippen molar-refractivity contribution in [3.05, 3.63) is 0 Å². The van der Waals surface area contributed by atoms with Crippen LogP contribution in [0.5, 0.6) is 0 Å². The monoisotopic (exact) mass is 288 g/mol. The van der Waals surface area contributed by atoms with Crippen molar-refractivity contribution in [1.29, 1.82) is 0 Å². The molecule has 0 saturated carbocycles. The molecule has 0 bridgehead atoms. The molecular weight excluding hydrogens is 260 g/mol. The molecule has 0 fully saturated rings. The maximum atomic E-state index is 11.4. The van der Waals surface area contributed by atoms with Crippen molar-refractivity contribution < 1.29 is 24.5 Å². The van der Waals surface area contributed by atoms with Crippen molar-refractivity contribution >= 4 is 11.9 Å². The zero-order valence-electron chi connectivity index (χ0n) is 12.6. The van der Waals surface area contributed by atoms with Crippen molar-refractivity contribution in [2.24, 2.45) is 5.92 Å². The van der Waals surface area contributed by atoms with E-state index >= 15 is 0 Å². The summed E-state index contributed by atoms with van der Waals surface area (Å²) in [5, 5.41) is 18.8. The van der Waals surface area contributed by atoms with E-state index in [2.05, 4.69) is 6.92 Å². The zero-order valence-corrected chi connectivity index (χ0v) is 12.6. The molecule has 2 atom stereocenters. The molecule has 0 aromatic carbocycles. The van der Waals surface area contributed by atoms with E-state index in [-0.39, 0.29) is 19.0 Å². The second kappa shape index (κ2) is 11.7. The molecule has 0 aliphatic rings. The number of hydrogen-bond acceptors (Lipinski definition) is 4. The summed E-state index contributed by atoms with van der Waals surface area (Å²) < 4.78 is 4.95. The normalized spacial score (nSPS) is 13.8. The number of carbonyl (C=O) groups is 2. The van der Waals surface area contributed by atoms with Crippen LogP contribution in [0.1, 0.15) is 65.2 Å². The number of carboxylic acids is 1. The number of carboxylic acid groups (broad SMARTS) is 1. The fourth-order valence-corrected chi connectivity index (χ4v) is 1.97. The van der Waals surface area contributed by atoms with Gasteiger partial charge >= 0.3 is 11.9 Å². The van der Waals surface area contributed by atoms with Crippen LogP contribution >= 0.6 is 0 Å². The van der Waals surface area contributed by atoms with Gasteiger partial charge in [0.2, 0.25) is 0 Å². The number of rotatable bonds is 12. The van der Waals surface area contributed by atoms with Gasteiger partial charge in [-0.3, -0.25) is 9.59 Å². The topological polar surface area (TPSA) is 83.8 Å². The Morgan fingerprint density at radius 2 is 1.75 bits per heavy atom. The van der Waals surface area contributed by atoms with Crippen LogP contribution in [0.15, 0.2) is 0 Å². The average Bonchev–Trinajstić information content (AvgIpc) is 2.41. The quantitative estimate of drug-likeness (QED) is 0.426. The molecule has 2 unspecified atom stereocenters. The summed E-state index contributed by atoms with van der Waals surface area (Å²) in [5.41, 5.74) is 0. The van der Waals surface area contributed by atoms with Crippen molar-refractivity contribution in [1.82, 2.24) is 0 Å². The Kier molecular flexibility index (Phi) is 11.1. The van der Waals surface area contributed by atoms with Gasteiger partial charge in [0.25, 0.3) is 0 Å². The molecular formula is C15H28O5. The van der Waals surface area contributed by atoms with Gasteiger partial charge in [-0.05, 0) is 19.3 Å². The fourth-order valence-electron chi connectivity index (χ4n) is 1.97. The second-order valence-corrected chi connectivity index (χ2v) is 5.21. The van der Waals surface area contributed by atoms with Crippen molar-refractivity contribution in [3.8, 4) is 0 Å². The predicted octanol–water partition coefficient (Wildman–Crippen LogP) is 2.75. The van der Waals surface area contributed by atoms with Gasteiger partial charge in [0.15, 0.2) is 0 Å². The zero-order chi connectivity index (χ0) is 15.4. The van der Waals surface area contributed by atoms with Crippen LogP contribution in [0.2, 0.25) is 0 Å². The number of carbonyl (C=O) groups excluding carboxylic acids is 1. The number of esters is 1. The van der Waals surface area contributed by atoms with Gasteiger partial charge in [0.1, 0.15) is 6.61 Å². The lowest BCUT2D eigenvalue weighted by atomic mass is 9.96. The summed E-state index contributed by atoms with van der Waals surface area (Å²) in [5.74, 6) is -1.78. The lowest BCUT2D eigenvalue weighted by molar-refractivity contribution is -0.148. The fraction of sp³-hybridized carbons (Fsp3) is 0.867. The molecule has 2 N–H and O–H groups in total. The number of hydrogen-bond donors (Lipinski definition) is 2. The summed E-state index contributed by atoms with van der Waals surface area (Å²) in [6, 6.07) is 0. The minimum Gasteiger partial charge on any atom is -0.481 e. The van der Waals surface area contributed by atoms with Crippen LogP contribution in [0.3, 0.4) is 0 Å². The summed E-state index contributed by atoms with van der Waals surface area (Å²) >= 11 is 0. The number of ether oxygens (including phenoxy) is 1. The lowest BCUT2D eigenvalue weighted by Gasteiger charge is -2.16. The highest BCUT2D eigenvalue weighted by molar-refractivity contribution is 5.70. The molecule has 118 valence electrons. The Balaban J connectivity index is 3.91. The maximum Gasteiger partial charge on any atom is 0.306 e. The third-order valence-corrected chi connectivity index (χ3v) is 3.23. The highest BCUT2D eigenvalue weighted by Crippen LogP contribution is 2.16. The first-order valence-corrected chi connectivity index (χ1v) is 7.57. The van der Waals surface area contributed by atoms with Crippen LogP contribution in [-0.4, -0.2) is 34.9 Å². The van der Waals surface area contributed by atoms with Crippen molar-refractivity contribution in [2.75, 3.05) is 6.61 Å². The standard InChI is InChI=1S/C15H28O5/c1-3-5-7-9-14(17)20-11-13(16)10-12(15(18)19)8-6-4-2/h12-13,16H,3-11H2,1-2H3,(H,18,19). The molecule has 0 saturated heterocycles. The molecule has 5 heteroatoms. The molecule has 0 aromatic heterocycles. The van der Waals surface area contributed by atoms with E-state index in [1.165, 1.54) is 0 Å². The largest absolute Gasteiger partial charge is 0.481 e. The molecule has 0 amide bonds. The highest BCUT2D eigenvalue weighted by Gasteiger charge is 2.21. The second-order valence-electron chi connectivity index (χ2n) is 5.21. The maximum absolute atomic E-state index is 11.4. The van der Waals surface area contributed by atoms with Crippen molar-refractivity contribution in [3.63, 3.8) is 0 Å². The van der Waals surface area contributed by atoms with E-state index in [1.54, 1.807) is 0 Å². The van der Waals surface area contributed by atoms with Crippen LogP contribution in [0.25, 0.3) is 0 Å². The third-order valence-electron chi connectivity index (χ3n) is 3.23. The minimum atomic E-state index is -0.900. The first-order valence-electron chi connectivity index (χ1n) is 7.57. The van der Waals surface area contributed by atoms with Gasteiger partial charge in [-0.2, -0.15) is 0 Å². The summed E-state index contributed by atoms with van der Waals surface area (Å²) in [6.07, 6.45) is 4.70. The van der Waals surface area contributed by atoms with Crippen LogP contribution < -0.4 is 0 Å². The van der Waals surface area contributed by atoms with Crippen LogP contribution in [0, 0.1) is 5.92 Å². The predicted molar refractivity (Wildman–Crippen MR) is 76.4 cm³/mol. The van der Waals surface area contributed by atoms with E-state index in [9.17, 15) is 14.7 Å². The first kappa shape index (κ1) is 18.9. The summed E-state index contributed by atoms with van der Waals surface area (Å²) in [4.78, 5) is 22.4. The number of aliphatic hydroxyl groups excluding tert-OH is 1. The number of aliphatic carboxylic acids is 1. The third kappa shape index (κ3) is 9.78. The van der Waals surface area contributed by atoms with Gasteiger partial charge < -0.3 is 14.9 Å². The lowest BCUT2D eigenvalue weighted by Crippen LogP contribution is -2.25. The summed E-state index contributed by atoms with van der Waals surface area (Å²) in [7, 11) is 0. The first-order chi connectivity index (χ1) is 9.51. The average molecular weight is 288 g/mol. The van der Waals surface area contributed by atoms with E-state index < -0.39 is 18.0 Å². The highest BCUT2D eigenvalue weighted by atomic mass is 16.5. The van der Waals surface area contributed by atoms with Gasteiger partial charge in [0, 0.05) is 6.42 Å². The van der Waals surface area contributed by atoms with E-state index in [4.69, 9.17) is 9.84 Å². The molecule has 0 aliphatic carbocycles. The SMILES string of the molecule is CCCCCC(=O)OCC(O)CC(CCCC)C(=O)O. The molecule has 0 spiro atoms. The van der Waals surface area contributed by atoms with E-state index in [0.717, 1.165) is 32.1 Å². The molecule has 0 heterocycles. The Hall–Kier alpha value is -1.10.